The van der Waals surface area contributed by atoms with Crippen LogP contribution in [0.5, 0.6) is 5.75 Å². The summed E-state index contributed by atoms with van der Waals surface area (Å²) in [5.74, 6) is 1.00. The first-order chi connectivity index (χ1) is 9.19. The maximum atomic E-state index is 5.41. The Hall–Kier alpha value is -1.06. The van der Waals surface area contributed by atoms with Crippen LogP contribution in [0.15, 0.2) is 18.2 Å². The van der Waals surface area contributed by atoms with Crippen LogP contribution in [-0.2, 0) is 6.42 Å². The van der Waals surface area contributed by atoms with Crippen LogP contribution in [0.2, 0.25) is 0 Å². The Morgan fingerprint density at radius 3 is 2.68 bits per heavy atom. The van der Waals surface area contributed by atoms with Crippen molar-refractivity contribution in [3.63, 3.8) is 0 Å². The van der Waals surface area contributed by atoms with Crippen molar-refractivity contribution < 1.29 is 4.74 Å². The number of hydrogen-bond donors (Lipinski definition) is 2. The first-order valence-electron chi connectivity index (χ1n) is 7.18. The highest BCUT2D eigenvalue weighted by atomic mass is 16.5. The molecular weight excluding hydrogens is 236 g/mol. The van der Waals surface area contributed by atoms with Gasteiger partial charge in [0.15, 0.2) is 0 Å². The molecule has 0 heterocycles. The fourth-order valence-electron chi connectivity index (χ4n) is 2.65. The molecule has 0 unspecified atom stereocenters. The standard InChI is InChI=1S/C16H26N2O/c1-13-4-5-15(19-3)14(10-13)6-9-18-12-16(7-8-16)11-17-2/h4-5,10,17-18H,6-9,11-12H2,1-3H3. The van der Waals surface area contributed by atoms with E-state index in [0.717, 1.165) is 31.8 Å². The molecule has 1 saturated carbocycles. The van der Waals surface area contributed by atoms with E-state index in [1.54, 1.807) is 7.11 Å². The first kappa shape index (κ1) is 14.4. The highest BCUT2D eigenvalue weighted by molar-refractivity contribution is 5.37. The van der Waals surface area contributed by atoms with Crippen LogP contribution in [0.25, 0.3) is 0 Å². The fraction of sp³-hybridized carbons (Fsp3) is 0.625. The van der Waals surface area contributed by atoms with E-state index in [9.17, 15) is 0 Å². The van der Waals surface area contributed by atoms with Gasteiger partial charge < -0.3 is 15.4 Å². The number of hydrogen-bond acceptors (Lipinski definition) is 3. The summed E-state index contributed by atoms with van der Waals surface area (Å²) >= 11 is 0. The van der Waals surface area contributed by atoms with Gasteiger partial charge in [-0.2, -0.15) is 0 Å². The molecule has 1 aromatic rings. The Bertz CT molecular complexity index is 413. The van der Waals surface area contributed by atoms with E-state index >= 15 is 0 Å². The molecule has 2 rings (SSSR count). The third kappa shape index (κ3) is 3.95. The summed E-state index contributed by atoms with van der Waals surface area (Å²) in [6, 6.07) is 6.39. The van der Waals surface area contributed by atoms with Crippen LogP contribution in [0.1, 0.15) is 24.0 Å². The van der Waals surface area contributed by atoms with Gasteiger partial charge in [0.25, 0.3) is 0 Å². The average Bonchev–Trinajstić information content (AvgIpc) is 3.16. The molecule has 0 spiro atoms. The van der Waals surface area contributed by atoms with E-state index in [1.165, 1.54) is 24.0 Å². The van der Waals surface area contributed by atoms with Gasteiger partial charge in [-0.3, -0.25) is 0 Å². The first-order valence-corrected chi connectivity index (χ1v) is 7.18. The zero-order chi connectivity index (χ0) is 13.7. The van der Waals surface area contributed by atoms with Crippen LogP contribution in [0.3, 0.4) is 0 Å². The molecule has 2 N–H and O–H groups in total. The Morgan fingerprint density at radius 2 is 2.05 bits per heavy atom. The van der Waals surface area contributed by atoms with Crippen molar-refractivity contribution in [2.45, 2.75) is 26.2 Å². The lowest BCUT2D eigenvalue weighted by Gasteiger charge is -2.16. The summed E-state index contributed by atoms with van der Waals surface area (Å²) in [5.41, 5.74) is 3.13. The predicted octanol–water partition coefficient (Wildman–Crippen LogP) is 2.14. The van der Waals surface area contributed by atoms with Gasteiger partial charge in [-0.05, 0) is 56.8 Å². The molecule has 3 heteroatoms. The van der Waals surface area contributed by atoms with Gasteiger partial charge in [0.1, 0.15) is 5.75 Å². The topological polar surface area (TPSA) is 33.3 Å². The molecule has 106 valence electrons. The molecule has 0 amide bonds. The van der Waals surface area contributed by atoms with Crippen LogP contribution in [0, 0.1) is 12.3 Å². The van der Waals surface area contributed by atoms with Gasteiger partial charge in [0.2, 0.25) is 0 Å². The van der Waals surface area contributed by atoms with E-state index in [2.05, 4.69) is 35.8 Å². The zero-order valence-corrected chi connectivity index (χ0v) is 12.4. The summed E-state index contributed by atoms with van der Waals surface area (Å²) in [4.78, 5) is 0. The molecule has 3 nitrogen and oxygen atoms in total. The molecule has 1 aliphatic carbocycles. The van der Waals surface area contributed by atoms with Crippen molar-refractivity contribution in [1.82, 2.24) is 10.6 Å². The zero-order valence-electron chi connectivity index (χ0n) is 12.4. The van der Waals surface area contributed by atoms with Gasteiger partial charge in [-0.1, -0.05) is 17.7 Å². The molecule has 1 aliphatic rings. The van der Waals surface area contributed by atoms with Crippen LogP contribution < -0.4 is 15.4 Å². The van der Waals surface area contributed by atoms with Gasteiger partial charge in [0.05, 0.1) is 7.11 Å². The summed E-state index contributed by atoms with van der Waals surface area (Å²) in [5, 5.41) is 6.89. The highest BCUT2D eigenvalue weighted by Crippen LogP contribution is 2.44. The normalized spacial score (nSPS) is 16.4. The summed E-state index contributed by atoms with van der Waals surface area (Å²) in [6.45, 7) is 5.41. The van der Waals surface area contributed by atoms with Crippen molar-refractivity contribution >= 4 is 0 Å². The van der Waals surface area contributed by atoms with Crippen LogP contribution in [0.4, 0.5) is 0 Å². The third-order valence-corrected chi connectivity index (χ3v) is 4.02. The number of ether oxygens (including phenoxy) is 1. The van der Waals surface area contributed by atoms with Crippen LogP contribution in [-0.4, -0.2) is 33.8 Å². The molecule has 19 heavy (non-hydrogen) atoms. The molecule has 0 bridgehead atoms. The Morgan fingerprint density at radius 1 is 1.26 bits per heavy atom. The van der Waals surface area contributed by atoms with Crippen molar-refractivity contribution in [3.8, 4) is 5.75 Å². The molecule has 0 saturated heterocycles. The summed E-state index contributed by atoms with van der Waals surface area (Å²) < 4.78 is 5.41. The van der Waals surface area contributed by atoms with E-state index < -0.39 is 0 Å². The van der Waals surface area contributed by atoms with E-state index in [0.29, 0.717) is 5.41 Å². The third-order valence-electron chi connectivity index (χ3n) is 4.02. The molecule has 0 aromatic heterocycles. The smallest absolute Gasteiger partial charge is 0.122 e. The monoisotopic (exact) mass is 262 g/mol. The van der Waals surface area contributed by atoms with Crippen molar-refractivity contribution in [2.75, 3.05) is 33.8 Å². The molecule has 0 aliphatic heterocycles. The predicted molar refractivity (Wildman–Crippen MR) is 79.9 cm³/mol. The maximum absolute atomic E-state index is 5.41. The lowest BCUT2D eigenvalue weighted by molar-refractivity contribution is 0.407. The lowest BCUT2D eigenvalue weighted by Crippen LogP contribution is -2.32. The quantitative estimate of drug-likeness (QED) is 0.704. The highest BCUT2D eigenvalue weighted by Gasteiger charge is 2.41. The van der Waals surface area contributed by atoms with Crippen molar-refractivity contribution in [3.05, 3.63) is 29.3 Å². The molecule has 1 fully saturated rings. The number of rotatable bonds is 8. The molecule has 0 atom stereocenters. The van der Waals surface area contributed by atoms with Crippen molar-refractivity contribution in [1.29, 1.82) is 0 Å². The molecule has 0 radical (unpaired) electrons. The maximum Gasteiger partial charge on any atom is 0.122 e. The molecule has 1 aromatic carbocycles. The number of aryl methyl sites for hydroxylation is 1. The van der Waals surface area contributed by atoms with Gasteiger partial charge in [-0.25, -0.2) is 0 Å². The number of nitrogens with one attached hydrogen (secondary N) is 2. The second-order valence-electron chi connectivity index (χ2n) is 5.77. The SMILES string of the molecule is CNCC1(CNCCc2cc(C)ccc2OC)CC1. The number of methoxy groups -OCH3 is 1. The van der Waals surface area contributed by atoms with Crippen LogP contribution >= 0.6 is 0 Å². The number of benzene rings is 1. The minimum Gasteiger partial charge on any atom is -0.496 e. The second kappa shape index (κ2) is 6.40. The van der Waals surface area contributed by atoms with Gasteiger partial charge >= 0.3 is 0 Å². The van der Waals surface area contributed by atoms with E-state index in [1.807, 2.05) is 7.05 Å². The van der Waals surface area contributed by atoms with Crippen molar-refractivity contribution in [2.24, 2.45) is 5.41 Å². The summed E-state index contributed by atoms with van der Waals surface area (Å²) in [7, 11) is 3.78. The van der Waals surface area contributed by atoms with E-state index in [4.69, 9.17) is 4.74 Å². The molecular formula is C16H26N2O. The summed E-state index contributed by atoms with van der Waals surface area (Å²) in [6.07, 6.45) is 3.74. The minimum absolute atomic E-state index is 0.533. The lowest BCUT2D eigenvalue weighted by atomic mass is 10.1. The Kier molecular flexibility index (Phi) is 4.83. The van der Waals surface area contributed by atoms with Gasteiger partial charge in [0, 0.05) is 13.1 Å². The fourth-order valence-corrected chi connectivity index (χ4v) is 2.65. The minimum atomic E-state index is 0.533. The largest absolute Gasteiger partial charge is 0.496 e. The Labute approximate surface area is 116 Å². The average molecular weight is 262 g/mol. The second-order valence-corrected chi connectivity index (χ2v) is 5.77. The Balaban J connectivity index is 1.78. The van der Waals surface area contributed by atoms with E-state index in [-0.39, 0.29) is 0 Å². The van der Waals surface area contributed by atoms with Gasteiger partial charge in [-0.15, -0.1) is 0 Å².